The largest absolute Gasteiger partial charge is 0.466 e. The summed E-state index contributed by atoms with van der Waals surface area (Å²) in [5.41, 5.74) is 1.00. The Kier molecular flexibility index (Phi) is 5.85. The second kappa shape index (κ2) is 7.16. The molecule has 0 saturated carbocycles. The molecule has 98 valence electrons. The van der Waals surface area contributed by atoms with E-state index in [1.54, 1.807) is 14.0 Å². The summed E-state index contributed by atoms with van der Waals surface area (Å²) in [6.07, 6.45) is -0.210. The molecule has 0 bridgehead atoms. The Hall–Kier alpha value is -1.36. The zero-order valence-corrected chi connectivity index (χ0v) is 12.1. The molecule has 0 unspecified atom stereocenters. The average Bonchev–Trinajstić information content (AvgIpc) is 2.29. The average molecular weight is 314 g/mol. The molecule has 0 atom stereocenters. The van der Waals surface area contributed by atoms with E-state index in [9.17, 15) is 9.59 Å². The first kappa shape index (κ1) is 14.7. The first-order valence-electron chi connectivity index (χ1n) is 5.67. The van der Waals surface area contributed by atoms with Crippen molar-refractivity contribution in [2.45, 2.75) is 19.9 Å². The van der Waals surface area contributed by atoms with Gasteiger partial charge in [0.05, 0.1) is 6.61 Å². The Bertz CT molecular complexity index is 434. The summed E-state index contributed by atoms with van der Waals surface area (Å²) in [6, 6.07) is 7.69. The summed E-state index contributed by atoms with van der Waals surface area (Å²) in [5.74, 6) is -0.725. The number of rotatable bonds is 5. The molecule has 0 aliphatic heterocycles. The van der Waals surface area contributed by atoms with Crippen LogP contribution in [0.15, 0.2) is 28.7 Å². The number of nitrogens with zero attached hydrogens (tertiary/aromatic N) is 1. The Morgan fingerprint density at radius 1 is 1.39 bits per heavy atom. The van der Waals surface area contributed by atoms with E-state index in [2.05, 4.69) is 15.9 Å². The molecule has 0 saturated heterocycles. The molecule has 0 aliphatic rings. The van der Waals surface area contributed by atoms with E-state index in [1.165, 1.54) is 4.90 Å². The van der Waals surface area contributed by atoms with Gasteiger partial charge in [0.2, 0.25) is 5.91 Å². The van der Waals surface area contributed by atoms with Crippen LogP contribution in [0.3, 0.4) is 0 Å². The Morgan fingerprint density at radius 2 is 2.11 bits per heavy atom. The van der Waals surface area contributed by atoms with Gasteiger partial charge in [0, 0.05) is 18.1 Å². The van der Waals surface area contributed by atoms with Crippen LogP contribution in [0, 0.1) is 0 Å². The number of hydrogen-bond acceptors (Lipinski definition) is 3. The molecule has 1 aromatic rings. The molecule has 5 heteroatoms. The second-order valence-corrected chi connectivity index (χ2v) is 4.78. The van der Waals surface area contributed by atoms with Crippen molar-refractivity contribution in [3.8, 4) is 0 Å². The van der Waals surface area contributed by atoms with Crippen molar-refractivity contribution in [2.24, 2.45) is 0 Å². The number of carbonyl (C=O) groups excluding carboxylic acids is 2. The van der Waals surface area contributed by atoms with E-state index >= 15 is 0 Å². The van der Waals surface area contributed by atoms with Crippen molar-refractivity contribution >= 4 is 27.8 Å². The maximum Gasteiger partial charge on any atom is 0.315 e. The van der Waals surface area contributed by atoms with Crippen molar-refractivity contribution in [3.63, 3.8) is 0 Å². The Labute approximate surface area is 115 Å². The fourth-order valence-corrected chi connectivity index (χ4v) is 1.91. The van der Waals surface area contributed by atoms with Gasteiger partial charge in [0.1, 0.15) is 6.42 Å². The zero-order chi connectivity index (χ0) is 13.5. The van der Waals surface area contributed by atoms with Crippen LogP contribution in [-0.2, 0) is 20.9 Å². The highest BCUT2D eigenvalue weighted by Crippen LogP contribution is 2.13. The minimum absolute atomic E-state index is 0.210. The van der Waals surface area contributed by atoms with E-state index in [-0.39, 0.29) is 12.3 Å². The van der Waals surface area contributed by atoms with Crippen LogP contribution in [0.25, 0.3) is 0 Å². The molecule has 0 fully saturated rings. The number of halogens is 1. The van der Waals surface area contributed by atoms with Gasteiger partial charge >= 0.3 is 5.97 Å². The highest BCUT2D eigenvalue weighted by atomic mass is 79.9. The fourth-order valence-electron chi connectivity index (χ4n) is 1.47. The molecule has 1 amide bonds. The van der Waals surface area contributed by atoms with Crippen LogP contribution < -0.4 is 0 Å². The van der Waals surface area contributed by atoms with Gasteiger partial charge in [0.15, 0.2) is 0 Å². The van der Waals surface area contributed by atoms with E-state index in [0.29, 0.717) is 13.2 Å². The summed E-state index contributed by atoms with van der Waals surface area (Å²) in [4.78, 5) is 24.4. The third kappa shape index (κ3) is 4.87. The number of amides is 1. The number of esters is 1. The minimum atomic E-state index is -0.483. The van der Waals surface area contributed by atoms with E-state index in [0.717, 1.165) is 10.0 Å². The molecular formula is C13H16BrNO3. The molecule has 0 heterocycles. The maximum atomic E-state index is 11.7. The van der Waals surface area contributed by atoms with Crippen molar-refractivity contribution < 1.29 is 14.3 Å². The first-order valence-corrected chi connectivity index (χ1v) is 6.46. The monoisotopic (exact) mass is 313 g/mol. The fraction of sp³-hybridized carbons (Fsp3) is 0.385. The third-order valence-electron chi connectivity index (χ3n) is 2.34. The Balaban J connectivity index is 2.52. The second-order valence-electron chi connectivity index (χ2n) is 3.86. The lowest BCUT2D eigenvalue weighted by Crippen LogP contribution is -2.28. The maximum absolute atomic E-state index is 11.7. The summed E-state index contributed by atoms with van der Waals surface area (Å²) in [6.45, 7) is 2.48. The molecule has 1 rings (SSSR count). The third-order valence-corrected chi connectivity index (χ3v) is 2.83. The van der Waals surface area contributed by atoms with Gasteiger partial charge < -0.3 is 9.64 Å². The quantitative estimate of drug-likeness (QED) is 0.619. The van der Waals surface area contributed by atoms with Crippen molar-refractivity contribution in [3.05, 3.63) is 34.3 Å². The number of ether oxygens (including phenoxy) is 1. The summed E-state index contributed by atoms with van der Waals surface area (Å²) in [5, 5.41) is 0. The molecule has 1 aromatic carbocycles. The predicted molar refractivity (Wildman–Crippen MR) is 71.9 cm³/mol. The summed E-state index contributed by atoms with van der Waals surface area (Å²) < 4.78 is 5.70. The van der Waals surface area contributed by atoms with E-state index in [1.807, 2.05) is 24.3 Å². The standard InChI is InChI=1S/C13H16BrNO3/c1-3-18-13(17)8-12(16)15(2)9-10-5-4-6-11(14)7-10/h4-7H,3,8-9H2,1-2H3. The van der Waals surface area contributed by atoms with Gasteiger partial charge in [0.25, 0.3) is 0 Å². The first-order chi connectivity index (χ1) is 8.52. The minimum Gasteiger partial charge on any atom is -0.466 e. The van der Waals surface area contributed by atoms with Gasteiger partial charge in [-0.25, -0.2) is 0 Å². The van der Waals surface area contributed by atoms with Crippen molar-refractivity contribution in [1.29, 1.82) is 0 Å². The number of benzene rings is 1. The molecule has 0 radical (unpaired) electrons. The molecule has 0 spiro atoms. The van der Waals surface area contributed by atoms with Gasteiger partial charge in [-0.3, -0.25) is 9.59 Å². The predicted octanol–water partition coefficient (Wildman–Crippen LogP) is 2.36. The van der Waals surface area contributed by atoms with Gasteiger partial charge in [-0.15, -0.1) is 0 Å². The lowest BCUT2D eigenvalue weighted by Gasteiger charge is -2.17. The zero-order valence-electron chi connectivity index (χ0n) is 10.5. The van der Waals surface area contributed by atoms with Gasteiger partial charge in [-0.1, -0.05) is 28.1 Å². The van der Waals surface area contributed by atoms with Crippen molar-refractivity contribution in [2.75, 3.05) is 13.7 Å². The van der Waals surface area contributed by atoms with Crippen LogP contribution in [0.5, 0.6) is 0 Å². The lowest BCUT2D eigenvalue weighted by atomic mass is 10.2. The molecule has 4 nitrogen and oxygen atoms in total. The van der Waals surface area contributed by atoms with Gasteiger partial charge in [-0.2, -0.15) is 0 Å². The molecule has 18 heavy (non-hydrogen) atoms. The molecule has 0 aromatic heterocycles. The summed E-state index contributed by atoms with van der Waals surface area (Å²) in [7, 11) is 1.67. The Morgan fingerprint density at radius 3 is 2.72 bits per heavy atom. The normalized spacial score (nSPS) is 9.94. The van der Waals surface area contributed by atoms with Crippen LogP contribution in [0.4, 0.5) is 0 Å². The summed E-state index contributed by atoms with van der Waals surface area (Å²) >= 11 is 3.37. The van der Waals surface area contributed by atoms with Crippen LogP contribution >= 0.6 is 15.9 Å². The van der Waals surface area contributed by atoms with E-state index in [4.69, 9.17) is 4.74 Å². The number of hydrogen-bond donors (Lipinski definition) is 0. The van der Waals surface area contributed by atoms with Crippen molar-refractivity contribution in [1.82, 2.24) is 4.90 Å². The van der Waals surface area contributed by atoms with Crippen LogP contribution in [0.1, 0.15) is 18.9 Å². The molecule has 0 aliphatic carbocycles. The topological polar surface area (TPSA) is 46.6 Å². The van der Waals surface area contributed by atoms with Crippen LogP contribution in [-0.4, -0.2) is 30.4 Å². The lowest BCUT2D eigenvalue weighted by molar-refractivity contribution is -0.148. The molecule has 0 N–H and O–H groups in total. The SMILES string of the molecule is CCOC(=O)CC(=O)N(C)Cc1cccc(Br)c1. The highest BCUT2D eigenvalue weighted by Gasteiger charge is 2.14. The number of carbonyl (C=O) groups is 2. The smallest absolute Gasteiger partial charge is 0.315 e. The van der Waals surface area contributed by atoms with Crippen LogP contribution in [0.2, 0.25) is 0 Å². The van der Waals surface area contributed by atoms with E-state index < -0.39 is 5.97 Å². The molecular weight excluding hydrogens is 298 g/mol. The van der Waals surface area contributed by atoms with Gasteiger partial charge in [-0.05, 0) is 24.6 Å². The highest BCUT2D eigenvalue weighted by molar-refractivity contribution is 9.10.